The van der Waals surface area contributed by atoms with Crippen molar-refractivity contribution in [1.29, 1.82) is 0 Å². The number of halogens is 1. The molecule has 0 fully saturated rings. The van der Waals surface area contributed by atoms with E-state index in [1.807, 2.05) is 0 Å². The first-order chi connectivity index (χ1) is 11.1. The second-order valence-electron chi connectivity index (χ2n) is 4.67. The Morgan fingerprint density at radius 2 is 1.70 bits per heavy atom. The molecule has 2 aromatic carbocycles. The molecule has 2 aromatic rings. The van der Waals surface area contributed by atoms with E-state index in [2.05, 4.69) is 22.5 Å². The van der Waals surface area contributed by atoms with Gasteiger partial charge in [0, 0.05) is 28.5 Å². The Hall–Kier alpha value is -2.79. The zero-order valence-electron chi connectivity index (χ0n) is 12.3. The van der Waals surface area contributed by atoms with Gasteiger partial charge in [-0.1, -0.05) is 23.7 Å². The highest BCUT2D eigenvalue weighted by Gasteiger charge is 2.07. The fourth-order valence-electron chi connectivity index (χ4n) is 1.81. The predicted molar refractivity (Wildman–Crippen MR) is 93.1 cm³/mol. The second-order valence-corrected chi connectivity index (χ2v) is 5.10. The summed E-state index contributed by atoms with van der Waals surface area (Å²) in [7, 11) is 0. The van der Waals surface area contributed by atoms with E-state index in [1.54, 1.807) is 54.6 Å². The van der Waals surface area contributed by atoms with Gasteiger partial charge in [-0.05, 0) is 42.5 Å². The summed E-state index contributed by atoms with van der Waals surface area (Å²) in [5.41, 5.74) is 1.71. The first-order valence-corrected chi connectivity index (χ1v) is 7.29. The van der Waals surface area contributed by atoms with Crippen LogP contribution in [0.2, 0.25) is 5.02 Å². The van der Waals surface area contributed by atoms with Crippen LogP contribution in [-0.4, -0.2) is 18.5 Å². The molecule has 3 N–H and O–H groups in total. The first kappa shape index (κ1) is 16.6. The Kier molecular flexibility index (Phi) is 5.77. The summed E-state index contributed by atoms with van der Waals surface area (Å²) in [4.78, 5) is 23.6. The van der Waals surface area contributed by atoms with E-state index in [4.69, 9.17) is 11.6 Å². The highest BCUT2D eigenvalue weighted by Crippen LogP contribution is 2.16. The fraction of sp³-hybridized carbons (Fsp3) is 0.0588. The number of nitrogens with one attached hydrogen (secondary N) is 3. The summed E-state index contributed by atoms with van der Waals surface area (Å²) in [6.45, 7) is 3.91. The largest absolute Gasteiger partial charge is 0.334 e. The van der Waals surface area contributed by atoms with E-state index in [9.17, 15) is 9.59 Å². The van der Waals surface area contributed by atoms with E-state index in [0.717, 1.165) is 0 Å². The van der Waals surface area contributed by atoms with Crippen LogP contribution in [0, 0.1) is 0 Å². The summed E-state index contributed by atoms with van der Waals surface area (Å²) in [6.07, 6.45) is 1.59. The molecule has 23 heavy (non-hydrogen) atoms. The molecule has 0 aromatic heterocycles. The zero-order chi connectivity index (χ0) is 16.7. The van der Waals surface area contributed by atoms with Crippen molar-refractivity contribution in [1.82, 2.24) is 5.32 Å². The summed E-state index contributed by atoms with van der Waals surface area (Å²) < 4.78 is 0. The van der Waals surface area contributed by atoms with Crippen LogP contribution in [0.15, 0.2) is 61.2 Å². The van der Waals surface area contributed by atoms with Crippen LogP contribution in [0.3, 0.4) is 0 Å². The molecule has 0 heterocycles. The number of amides is 3. The maximum Gasteiger partial charge on any atom is 0.319 e. The molecule has 0 aliphatic carbocycles. The van der Waals surface area contributed by atoms with Crippen molar-refractivity contribution in [2.45, 2.75) is 0 Å². The van der Waals surface area contributed by atoms with Gasteiger partial charge >= 0.3 is 6.03 Å². The summed E-state index contributed by atoms with van der Waals surface area (Å²) in [5, 5.41) is 8.54. The van der Waals surface area contributed by atoms with Gasteiger partial charge in [0.2, 0.25) is 0 Å². The molecule has 5 nitrogen and oxygen atoms in total. The Bertz CT molecular complexity index is 714. The Labute approximate surface area is 139 Å². The van der Waals surface area contributed by atoms with E-state index in [0.29, 0.717) is 28.5 Å². The molecular weight excluding hydrogens is 314 g/mol. The maximum atomic E-state index is 12.1. The standard InChI is InChI=1S/C17H16ClN3O2/c1-2-10-19-17(23)21-15-8-6-14(7-9-15)20-16(22)12-4-3-5-13(18)11-12/h2-9,11H,1,10H2,(H,20,22)(H2,19,21,23). The molecule has 2 rings (SSSR count). The van der Waals surface area contributed by atoms with Gasteiger partial charge in [-0.25, -0.2) is 4.79 Å². The molecule has 0 aliphatic heterocycles. The van der Waals surface area contributed by atoms with Crippen molar-refractivity contribution in [2.75, 3.05) is 17.2 Å². The second kappa shape index (κ2) is 8.00. The maximum absolute atomic E-state index is 12.1. The SMILES string of the molecule is C=CCNC(=O)Nc1ccc(NC(=O)c2cccc(Cl)c2)cc1. The summed E-state index contributed by atoms with van der Waals surface area (Å²) in [6, 6.07) is 13.2. The van der Waals surface area contributed by atoms with Crippen molar-refractivity contribution in [3.63, 3.8) is 0 Å². The third kappa shape index (κ3) is 5.16. The van der Waals surface area contributed by atoms with Gasteiger partial charge in [0.05, 0.1) is 0 Å². The van der Waals surface area contributed by atoms with Crippen molar-refractivity contribution < 1.29 is 9.59 Å². The minimum absolute atomic E-state index is 0.253. The van der Waals surface area contributed by atoms with Gasteiger partial charge in [0.15, 0.2) is 0 Å². The average Bonchev–Trinajstić information content (AvgIpc) is 2.54. The quantitative estimate of drug-likeness (QED) is 0.728. The van der Waals surface area contributed by atoms with Gasteiger partial charge in [-0.15, -0.1) is 6.58 Å². The van der Waals surface area contributed by atoms with E-state index >= 15 is 0 Å². The van der Waals surface area contributed by atoms with Crippen LogP contribution in [-0.2, 0) is 0 Å². The predicted octanol–water partition coefficient (Wildman–Crippen LogP) is 3.90. The molecule has 0 saturated heterocycles. The number of benzene rings is 2. The lowest BCUT2D eigenvalue weighted by atomic mass is 10.2. The first-order valence-electron chi connectivity index (χ1n) is 6.91. The number of urea groups is 1. The molecule has 0 saturated carbocycles. The zero-order valence-corrected chi connectivity index (χ0v) is 13.1. The van der Waals surface area contributed by atoms with Crippen LogP contribution in [0.5, 0.6) is 0 Å². The fourth-order valence-corrected chi connectivity index (χ4v) is 2.00. The number of carbonyl (C=O) groups excluding carboxylic acids is 2. The van der Waals surface area contributed by atoms with Crippen molar-refractivity contribution in [3.8, 4) is 0 Å². The lowest BCUT2D eigenvalue weighted by molar-refractivity contribution is 0.102. The third-order valence-corrected chi connectivity index (χ3v) is 3.13. The topological polar surface area (TPSA) is 70.2 Å². The highest BCUT2D eigenvalue weighted by atomic mass is 35.5. The van der Waals surface area contributed by atoms with Crippen molar-refractivity contribution in [3.05, 3.63) is 71.8 Å². The van der Waals surface area contributed by atoms with E-state index in [1.165, 1.54) is 0 Å². The normalized spacial score (nSPS) is 9.78. The summed E-state index contributed by atoms with van der Waals surface area (Å²) in [5.74, 6) is -0.253. The van der Waals surface area contributed by atoms with E-state index in [-0.39, 0.29) is 11.9 Å². The van der Waals surface area contributed by atoms with Crippen LogP contribution >= 0.6 is 11.6 Å². The minimum atomic E-state index is -0.319. The molecule has 0 spiro atoms. The number of rotatable bonds is 5. The van der Waals surface area contributed by atoms with Gasteiger partial charge in [-0.2, -0.15) is 0 Å². The molecule has 0 bridgehead atoms. The lowest BCUT2D eigenvalue weighted by Crippen LogP contribution is -2.28. The third-order valence-electron chi connectivity index (χ3n) is 2.89. The Morgan fingerprint density at radius 1 is 1.04 bits per heavy atom. The monoisotopic (exact) mass is 329 g/mol. The average molecular weight is 330 g/mol. The van der Waals surface area contributed by atoms with Crippen LogP contribution in [0.4, 0.5) is 16.2 Å². The van der Waals surface area contributed by atoms with E-state index < -0.39 is 0 Å². The molecule has 0 radical (unpaired) electrons. The molecule has 118 valence electrons. The van der Waals surface area contributed by atoms with Crippen molar-refractivity contribution in [2.24, 2.45) is 0 Å². The van der Waals surface area contributed by atoms with Gasteiger partial charge < -0.3 is 16.0 Å². The Morgan fingerprint density at radius 3 is 2.30 bits per heavy atom. The molecule has 0 atom stereocenters. The van der Waals surface area contributed by atoms with Gasteiger partial charge in [0.25, 0.3) is 5.91 Å². The number of hydrogen-bond acceptors (Lipinski definition) is 2. The Balaban J connectivity index is 1.95. The smallest absolute Gasteiger partial charge is 0.319 e. The summed E-state index contributed by atoms with van der Waals surface area (Å²) >= 11 is 5.87. The molecule has 0 aliphatic rings. The van der Waals surface area contributed by atoms with Crippen LogP contribution in [0.25, 0.3) is 0 Å². The molecular formula is C17H16ClN3O2. The lowest BCUT2D eigenvalue weighted by Gasteiger charge is -2.08. The van der Waals surface area contributed by atoms with Crippen LogP contribution in [0.1, 0.15) is 10.4 Å². The minimum Gasteiger partial charge on any atom is -0.334 e. The van der Waals surface area contributed by atoms with Gasteiger partial charge in [0.1, 0.15) is 0 Å². The molecule has 0 unspecified atom stereocenters. The van der Waals surface area contributed by atoms with Gasteiger partial charge in [-0.3, -0.25) is 4.79 Å². The number of hydrogen-bond donors (Lipinski definition) is 3. The van der Waals surface area contributed by atoms with Crippen LogP contribution < -0.4 is 16.0 Å². The molecule has 6 heteroatoms. The number of carbonyl (C=O) groups is 2. The molecule has 3 amide bonds. The number of anilines is 2. The highest BCUT2D eigenvalue weighted by molar-refractivity contribution is 6.31. The van der Waals surface area contributed by atoms with Crippen molar-refractivity contribution >= 4 is 34.9 Å².